The van der Waals surface area contributed by atoms with Gasteiger partial charge in [-0.1, -0.05) is 44.2 Å². The molecule has 0 heterocycles. The Hall–Kier alpha value is -2.04. The number of amides is 1. The third-order valence-electron chi connectivity index (χ3n) is 3.26. The van der Waals surface area contributed by atoms with E-state index < -0.39 is 18.1 Å². The number of hydrogen-bond donors (Lipinski definition) is 1. The number of carboxylic acid groups (broad SMARTS) is 1. The lowest BCUT2D eigenvalue weighted by molar-refractivity contribution is -0.142. The van der Waals surface area contributed by atoms with Gasteiger partial charge in [-0.3, -0.25) is 4.90 Å². The molecular weight excluding hydrogens is 270 g/mol. The van der Waals surface area contributed by atoms with Gasteiger partial charge in [-0.25, -0.2) is 9.59 Å². The molecule has 1 rings (SSSR count). The zero-order valence-corrected chi connectivity index (χ0v) is 12.8. The van der Waals surface area contributed by atoms with E-state index in [1.54, 1.807) is 0 Å². The zero-order valence-electron chi connectivity index (χ0n) is 12.8. The molecule has 1 atom stereocenters. The predicted molar refractivity (Wildman–Crippen MR) is 79.9 cm³/mol. The average Bonchev–Trinajstić information content (AvgIpc) is 2.45. The number of ether oxygens (including phenoxy) is 1. The third kappa shape index (κ3) is 5.85. The average molecular weight is 293 g/mol. The monoisotopic (exact) mass is 293 g/mol. The number of carbonyl (C=O) groups excluding carboxylic acids is 1. The van der Waals surface area contributed by atoms with Crippen molar-refractivity contribution in [2.24, 2.45) is 5.92 Å². The highest BCUT2D eigenvalue weighted by molar-refractivity contribution is 5.79. The van der Waals surface area contributed by atoms with Gasteiger partial charge < -0.3 is 9.84 Å². The number of carboxylic acids is 1. The molecule has 5 heteroatoms. The van der Waals surface area contributed by atoms with Crippen LogP contribution in [0.15, 0.2) is 30.3 Å². The summed E-state index contributed by atoms with van der Waals surface area (Å²) in [5.41, 5.74) is 0.869. The molecule has 0 aromatic heterocycles. The summed E-state index contributed by atoms with van der Waals surface area (Å²) in [6.45, 7) is 4.18. The van der Waals surface area contributed by atoms with Crippen LogP contribution in [0.3, 0.4) is 0 Å². The van der Waals surface area contributed by atoms with Crippen molar-refractivity contribution >= 4 is 12.1 Å². The number of benzene rings is 1. The van der Waals surface area contributed by atoms with Crippen molar-refractivity contribution in [3.8, 4) is 0 Å². The Kier molecular flexibility index (Phi) is 6.72. The SMILES string of the molecule is CC(C)CC[C@@H](C(=O)O)N(C)C(=O)OCc1ccccc1. The number of carbonyl (C=O) groups is 2. The van der Waals surface area contributed by atoms with Crippen molar-refractivity contribution < 1.29 is 19.4 Å². The van der Waals surface area contributed by atoms with Crippen molar-refractivity contribution in [3.05, 3.63) is 35.9 Å². The Bertz CT molecular complexity index is 459. The minimum absolute atomic E-state index is 0.139. The van der Waals surface area contributed by atoms with Crippen LogP contribution in [0.25, 0.3) is 0 Å². The Labute approximate surface area is 125 Å². The van der Waals surface area contributed by atoms with Gasteiger partial charge in [0.2, 0.25) is 0 Å². The van der Waals surface area contributed by atoms with Gasteiger partial charge >= 0.3 is 12.1 Å². The molecule has 0 bridgehead atoms. The molecule has 0 radical (unpaired) electrons. The zero-order chi connectivity index (χ0) is 15.8. The summed E-state index contributed by atoms with van der Waals surface area (Å²) < 4.78 is 5.15. The number of aliphatic carboxylic acids is 1. The van der Waals surface area contributed by atoms with Crippen molar-refractivity contribution in [2.45, 2.75) is 39.3 Å². The second-order valence-corrected chi connectivity index (χ2v) is 5.48. The summed E-state index contributed by atoms with van der Waals surface area (Å²) in [4.78, 5) is 24.4. The lowest BCUT2D eigenvalue weighted by Crippen LogP contribution is -2.42. The van der Waals surface area contributed by atoms with Crippen molar-refractivity contribution in [3.63, 3.8) is 0 Å². The molecule has 0 fully saturated rings. The first-order valence-electron chi connectivity index (χ1n) is 7.08. The quantitative estimate of drug-likeness (QED) is 0.838. The number of rotatable bonds is 7. The maximum absolute atomic E-state index is 11.9. The molecule has 1 N–H and O–H groups in total. The smallest absolute Gasteiger partial charge is 0.410 e. The summed E-state index contributed by atoms with van der Waals surface area (Å²) >= 11 is 0. The summed E-state index contributed by atoms with van der Waals surface area (Å²) in [6.07, 6.45) is 0.548. The Morgan fingerprint density at radius 2 is 1.81 bits per heavy atom. The van der Waals surface area contributed by atoms with Crippen LogP contribution in [0.1, 0.15) is 32.3 Å². The van der Waals surface area contributed by atoms with Gasteiger partial charge in [-0.2, -0.15) is 0 Å². The second kappa shape index (κ2) is 8.29. The molecule has 116 valence electrons. The van der Waals surface area contributed by atoms with Gasteiger partial charge in [0.05, 0.1) is 0 Å². The van der Waals surface area contributed by atoms with Crippen LogP contribution < -0.4 is 0 Å². The lowest BCUT2D eigenvalue weighted by atomic mass is 10.0. The molecule has 0 unspecified atom stereocenters. The van der Waals surface area contributed by atoms with E-state index in [2.05, 4.69) is 0 Å². The van der Waals surface area contributed by atoms with Gasteiger partial charge in [0.15, 0.2) is 0 Å². The molecular formula is C16H23NO4. The van der Waals surface area contributed by atoms with Crippen LogP contribution in [-0.2, 0) is 16.1 Å². The van der Waals surface area contributed by atoms with Gasteiger partial charge in [-0.05, 0) is 24.3 Å². The summed E-state index contributed by atoms with van der Waals surface area (Å²) in [7, 11) is 1.46. The molecule has 5 nitrogen and oxygen atoms in total. The van der Waals surface area contributed by atoms with E-state index in [1.807, 2.05) is 44.2 Å². The fraction of sp³-hybridized carbons (Fsp3) is 0.500. The van der Waals surface area contributed by atoms with Crippen LogP contribution in [-0.4, -0.2) is 35.2 Å². The minimum atomic E-state index is -1.00. The minimum Gasteiger partial charge on any atom is -0.480 e. The third-order valence-corrected chi connectivity index (χ3v) is 3.26. The molecule has 1 aromatic carbocycles. The molecule has 0 aliphatic heterocycles. The van der Waals surface area contributed by atoms with E-state index in [9.17, 15) is 14.7 Å². The molecule has 0 aliphatic carbocycles. The van der Waals surface area contributed by atoms with Gasteiger partial charge in [0, 0.05) is 7.05 Å². The maximum atomic E-state index is 11.9. The normalized spacial score (nSPS) is 12.0. The fourth-order valence-electron chi connectivity index (χ4n) is 1.92. The molecule has 1 amide bonds. The van der Waals surface area contributed by atoms with Gasteiger partial charge in [-0.15, -0.1) is 0 Å². The highest BCUT2D eigenvalue weighted by atomic mass is 16.6. The van der Waals surface area contributed by atoms with Crippen LogP contribution in [0.5, 0.6) is 0 Å². The van der Waals surface area contributed by atoms with E-state index in [0.717, 1.165) is 16.9 Å². The molecule has 21 heavy (non-hydrogen) atoms. The molecule has 1 aromatic rings. The number of nitrogens with zero attached hydrogens (tertiary/aromatic N) is 1. The molecule has 0 spiro atoms. The Balaban J connectivity index is 2.55. The van der Waals surface area contributed by atoms with E-state index in [1.165, 1.54) is 7.05 Å². The Morgan fingerprint density at radius 3 is 2.33 bits per heavy atom. The van der Waals surface area contributed by atoms with Crippen LogP contribution in [0.4, 0.5) is 4.79 Å². The first-order chi connectivity index (χ1) is 9.91. The first kappa shape index (κ1) is 17.0. The summed E-state index contributed by atoms with van der Waals surface area (Å²) in [5, 5.41) is 9.24. The lowest BCUT2D eigenvalue weighted by Gasteiger charge is -2.24. The highest BCUT2D eigenvalue weighted by Crippen LogP contribution is 2.13. The first-order valence-corrected chi connectivity index (χ1v) is 7.08. The summed E-state index contributed by atoms with van der Waals surface area (Å²) in [6, 6.07) is 8.44. The Morgan fingerprint density at radius 1 is 1.19 bits per heavy atom. The van der Waals surface area contributed by atoms with Crippen molar-refractivity contribution in [1.29, 1.82) is 0 Å². The number of likely N-dealkylation sites (N-methyl/N-ethyl adjacent to an activating group) is 1. The topological polar surface area (TPSA) is 66.8 Å². The van der Waals surface area contributed by atoms with Crippen LogP contribution in [0, 0.1) is 5.92 Å². The van der Waals surface area contributed by atoms with Gasteiger partial charge in [0.1, 0.15) is 12.6 Å². The van der Waals surface area contributed by atoms with E-state index in [0.29, 0.717) is 12.3 Å². The maximum Gasteiger partial charge on any atom is 0.410 e. The highest BCUT2D eigenvalue weighted by Gasteiger charge is 2.27. The molecule has 0 saturated carbocycles. The predicted octanol–water partition coefficient (Wildman–Crippen LogP) is 3.14. The molecule has 0 aliphatic rings. The van der Waals surface area contributed by atoms with E-state index >= 15 is 0 Å². The van der Waals surface area contributed by atoms with Crippen molar-refractivity contribution in [2.75, 3.05) is 7.05 Å². The van der Waals surface area contributed by atoms with Crippen molar-refractivity contribution in [1.82, 2.24) is 4.90 Å². The standard InChI is InChI=1S/C16H23NO4/c1-12(2)9-10-14(15(18)19)17(3)16(20)21-11-13-7-5-4-6-8-13/h4-8,12,14H,9-11H2,1-3H3,(H,18,19)/t14-/m0/s1. The van der Waals surface area contributed by atoms with E-state index in [4.69, 9.17) is 4.74 Å². The van der Waals surface area contributed by atoms with Gasteiger partial charge in [0.25, 0.3) is 0 Å². The second-order valence-electron chi connectivity index (χ2n) is 5.48. The van der Waals surface area contributed by atoms with E-state index in [-0.39, 0.29) is 6.61 Å². The van der Waals surface area contributed by atoms with Crippen LogP contribution >= 0.6 is 0 Å². The molecule has 0 saturated heterocycles. The fourth-order valence-corrected chi connectivity index (χ4v) is 1.92. The largest absolute Gasteiger partial charge is 0.480 e. The summed E-state index contributed by atoms with van der Waals surface area (Å²) in [5.74, 6) is -0.615. The number of hydrogen-bond acceptors (Lipinski definition) is 3. The van der Waals surface area contributed by atoms with Crippen LogP contribution in [0.2, 0.25) is 0 Å².